The molecule has 0 rings (SSSR count). The van der Waals surface area contributed by atoms with Crippen LogP contribution in [0.15, 0.2) is 16.8 Å². The minimum absolute atomic E-state index is 0.122. The lowest BCUT2D eigenvalue weighted by molar-refractivity contribution is 0.474. The van der Waals surface area contributed by atoms with Gasteiger partial charge in [-0.1, -0.05) is 6.92 Å². The molecule has 0 fully saturated rings. The summed E-state index contributed by atoms with van der Waals surface area (Å²) < 4.78 is 0. The van der Waals surface area contributed by atoms with Crippen LogP contribution in [0.25, 0.3) is 0 Å². The molecule has 88 valence electrons. The largest absolute Gasteiger partial charge is 0.384 e. The monoisotopic (exact) mass is 210 g/mol. The predicted octanol–water partition coefficient (Wildman–Crippen LogP) is 3.54. The molecule has 0 heterocycles. The summed E-state index contributed by atoms with van der Waals surface area (Å²) in [4.78, 5) is 4.57. The summed E-state index contributed by atoms with van der Waals surface area (Å²) in [6.07, 6.45) is 3.20. The molecular formula is C13H26N2. The van der Waals surface area contributed by atoms with E-state index in [1.807, 2.05) is 0 Å². The number of allylic oxidation sites excluding steroid dienone is 2. The van der Waals surface area contributed by atoms with Crippen LogP contribution in [0.3, 0.4) is 0 Å². The van der Waals surface area contributed by atoms with E-state index in [4.69, 9.17) is 0 Å². The quantitative estimate of drug-likeness (QED) is 0.705. The van der Waals surface area contributed by atoms with E-state index in [-0.39, 0.29) is 5.54 Å². The van der Waals surface area contributed by atoms with E-state index >= 15 is 0 Å². The molecule has 0 amide bonds. The van der Waals surface area contributed by atoms with Gasteiger partial charge in [-0.2, -0.15) is 0 Å². The zero-order chi connectivity index (χ0) is 12.1. The van der Waals surface area contributed by atoms with Gasteiger partial charge < -0.3 is 5.32 Å². The van der Waals surface area contributed by atoms with Crippen molar-refractivity contribution in [3.8, 4) is 0 Å². The molecule has 15 heavy (non-hydrogen) atoms. The molecule has 0 aliphatic heterocycles. The second kappa shape index (κ2) is 5.94. The molecule has 2 nitrogen and oxygen atoms in total. The lowest BCUT2D eigenvalue weighted by Gasteiger charge is -2.22. The van der Waals surface area contributed by atoms with Gasteiger partial charge in [0.2, 0.25) is 0 Å². The van der Waals surface area contributed by atoms with E-state index in [2.05, 4.69) is 64.9 Å². The van der Waals surface area contributed by atoms with E-state index in [1.54, 1.807) is 0 Å². The Balaban J connectivity index is 4.42. The normalized spacial score (nSPS) is 16.5. The smallest absolute Gasteiger partial charge is 0.0472 e. The van der Waals surface area contributed by atoms with E-state index in [0.29, 0.717) is 6.04 Å². The summed E-state index contributed by atoms with van der Waals surface area (Å²) in [7, 11) is 0. The second-order valence-electron chi connectivity index (χ2n) is 5.23. The molecule has 0 aromatic rings. The maximum atomic E-state index is 4.57. The molecule has 0 aliphatic rings. The SMILES string of the molecule is CCC(C)N=C(C)C=C(C)NC(C)(C)C. The van der Waals surface area contributed by atoms with Gasteiger partial charge in [-0.05, 0) is 54.0 Å². The lowest BCUT2D eigenvalue weighted by atomic mass is 10.1. The molecule has 0 radical (unpaired) electrons. The van der Waals surface area contributed by atoms with Crippen molar-refractivity contribution in [2.45, 2.75) is 66.5 Å². The van der Waals surface area contributed by atoms with Gasteiger partial charge in [0.1, 0.15) is 0 Å². The fourth-order valence-corrected chi connectivity index (χ4v) is 1.42. The van der Waals surface area contributed by atoms with Crippen LogP contribution >= 0.6 is 0 Å². The Morgan fingerprint density at radius 3 is 2.27 bits per heavy atom. The van der Waals surface area contributed by atoms with Crippen LogP contribution in [0.1, 0.15) is 54.9 Å². The molecular weight excluding hydrogens is 184 g/mol. The second-order valence-corrected chi connectivity index (χ2v) is 5.23. The van der Waals surface area contributed by atoms with Gasteiger partial charge in [0, 0.05) is 23.0 Å². The highest BCUT2D eigenvalue weighted by atomic mass is 15.0. The summed E-state index contributed by atoms with van der Waals surface area (Å²) in [5.74, 6) is 0. The Labute approximate surface area is 94.9 Å². The van der Waals surface area contributed by atoms with Crippen molar-refractivity contribution in [3.05, 3.63) is 11.8 Å². The van der Waals surface area contributed by atoms with Gasteiger partial charge >= 0.3 is 0 Å². The maximum Gasteiger partial charge on any atom is 0.0472 e. The Morgan fingerprint density at radius 1 is 1.33 bits per heavy atom. The maximum absolute atomic E-state index is 4.57. The molecule has 0 aromatic heterocycles. The van der Waals surface area contributed by atoms with Gasteiger partial charge in [-0.25, -0.2) is 0 Å². The Bertz CT molecular complexity index is 244. The van der Waals surface area contributed by atoms with Crippen LogP contribution in [-0.2, 0) is 0 Å². The standard InChI is InChI=1S/C13H26N2/c1-8-10(2)14-11(3)9-12(4)15-13(5,6)7/h9-10,15H,8H2,1-7H3. The van der Waals surface area contributed by atoms with Crippen LogP contribution in [0.2, 0.25) is 0 Å². The van der Waals surface area contributed by atoms with E-state index in [0.717, 1.165) is 12.1 Å². The van der Waals surface area contributed by atoms with Crippen molar-refractivity contribution in [1.29, 1.82) is 0 Å². The van der Waals surface area contributed by atoms with E-state index in [1.165, 1.54) is 5.70 Å². The topological polar surface area (TPSA) is 24.4 Å². The highest BCUT2D eigenvalue weighted by Crippen LogP contribution is 2.04. The first-order valence-electron chi connectivity index (χ1n) is 5.75. The average molecular weight is 210 g/mol. The van der Waals surface area contributed by atoms with E-state index < -0.39 is 0 Å². The number of hydrogen-bond acceptors (Lipinski definition) is 2. The third-order valence-electron chi connectivity index (χ3n) is 2.01. The molecule has 1 unspecified atom stereocenters. The first-order chi connectivity index (χ1) is 6.74. The third kappa shape index (κ3) is 8.22. The number of hydrogen-bond donors (Lipinski definition) is 1. The fourth-order valence-electron chi connectivity index (χ4n) is 1.42. The first kappa shape index (κ1) is 14.2. The van der Waals surface area contributed by atoms with Crippen molar-refractivity contribution in [2.24, 2.45) is 4.99 Å². The van der Waals surface area contributed by atoms with Gasteiger partial charge in [0.25, 0.3) is 0 Å². The molecule has 0 aliphatic carbocycles. The number of nitrogens with zero attached hydrogens (tertiary/aromatic N) is 1. The van der Waals surface area contributed by atoms with Crippen molar-refractivity contribution in [2.75, 3.05) is 0 Å². The van der Waals surface area contributed by atoms with Crippen molar-refractivity contribution < 1.29 is 0 Å². The summed E-state index contributed by atoms with van der Waals surface area (Å²) in [6, 6.07) is 0.420. The zero-order valence-electron chi connectivity index (χ0n) is 11.3. The molecule has 0 saturated heterocycles. The minimum Gasteiger partial charge on any atom is -0.384 e. The van der Waals surface area contributed by atoms with Crippen LogP contribution < -0.4 is 5.32 Å². The summed E-state index contributed by atoms with van der Waals surface area (Å²) >= 11 is 0. The molecule has 1 atom stereocenters. The summed E-state index contributed by atoms with van der Waals surface area (Å²) in [5, 5.41) is 3.42. The van der Waals surface area contributed by atoms with Gasteiger partial charge in [-0.15, -0.1) is 0 Å². The lowest BCUT2D eigenvalue weighted by Crippen LogP contribution is -2.34. The summed E-state index contributed by atoms with van der Waals surface area (Å²) in [5.41, 5.74) is 2.39. The summed E-state index contributed by atoms with van der Waals surface area (Å²) in [6.45, 7) is 14.9. The molecule has 2 heteroatoms. The first-order valence-corrected chi connectivity index (χ1v) is 5.75. The van der Waals surface area contributed by atoms with Crippen LogP contribution in [-0.4, -0.2) is 17.3 Å². The molecule has 0 bridgehead atoms. The third-order valence-corrected chi connectivity index (χ3v) is 2.01. The predicted molar refractivity (Wildman–Crippen MR) is 69.5 cm³/mol. The highest BCUT2D eigenvalue weighted by molar-refractivity contribution is 5.93. The fraction of sp³-hybridized carbons (Fsp3) is 0.769. The average Bonchev–Trinajstić information content (AvgIpc) is 1.99. The van der Waals surface area contributed by atoms with Crippen LogP contribution in [0, 0.1) is 0 Å². The highest BCUT2D eigenvalue weighted by Gasteiger charge is 2.08. The van der Waals surface area contributed by atoms with Gasteiger partial charge in [0.05, 0.1) is 0 Å². The number of rotatable bonds is 4. The number of aliphatic imine (C=N–C) groups is 1. The Kier molecular flexibility index (Phi) is 5.63. The molecule has 0 saturated carbocycles. The van der Waals surface area contributed by atoms with E-state index in [9.17, 15) is 0 Å². The van der Waals surface area contributed by atoms with Crippen molar-refractivity contribution in [3.63, 3.8) is 0 Å². The Hall–Kier alpha value is -0.790. The van der Waals surface area contributed by atoms with Gasteiger partial charge in [0.15, 0.2) is 0 Å². The molecule has 1 N–H and O–H groups in total. The van der Waals surface area contributed by atoms with Crippen LogP contribution in [0.5, 0.6) is 0 Å². The van der Waals surface area contributed by atoms with Crippen molar-refractivity contribution in [1.82, 2.24) is 5.32 Å². The molecule has 0 spiro atoms. The minimum atomic E-state index is 0.122. The van der Waals surface area contributed by atoms with Gasteiger partial charge in [-0.3, -0.25) is 4.99 Å². The Morgan fingerprint density at radius 2 is 1.87 bits per heavy atom. The molecule has 0 aromatic carbocycles. The van der Waals surface area contributed by atoms with Crippen molar-refractivity contribution >= 4 is 5.71 Å². The zero-order valence-corrected chi connectivity index (χ0v) is 11.3. The number of nitrogens with one attached hydrogen (secondary N) is 1. The van der Waals surface area contributed by atoms with Crippen LogP contribution in [0.4, 0.5) is 0 Å².